The highest BCUT2D eigenvalue weighted by Crippen LogP contribution is 2.38. The van der Waals surface area contributed by atoms with E-state index >= 15 is 0 Å². The fourth-order valence-corrected chi connectivity index (χ4v) is 3.50. The van der Waals surface area contributed by atoms with Crippen LogP contribution in [0.2, 0.25) is 0 Å². The minimum absolute atomic E-state index is 0.253. The zero-order valence-corrected chi connectivity index (χ0v) is 16.4. The maximum Gasteiger partial charge on any atom is 0.120 e. The van der Waals surface area contributed by atoms with E-state index in [2.05, 4.69) is 102 Å². The number of halogens is 1. The molecule has 0 aliphatic carbocycles. The van der Waals surface area contributed by atoms with E-state index in [0.29, 0.717) is 6.73 Å². The molecule has 2 atom stereocenters. The Morgan fingerprint density at radius 3 is 2.44 bits per heavy atom. The zero-order chi connectivity index (χ0) is 17.9. The van der Waals surface area contributed by atoms with Crippen LogP contribution >= 0.6 is 15.9 Å². The third kappa shape index (κ3) is 4.05. The molecule has 0 bridgehead atoms. The first-order chi connectivity index (χ1) is 12.0. The van der Waals surface area contributed by atoms with Crippen LogP contribution in [0, 0.1) is 0 Å². The summed E-state index contributed by atoms with van der Waals surface area (Å²) in [6.45, 7) is 8.90. The van der Waals surface area contributed by atoms with Crippen molar-refractivity contribution in [1.29, 1.82) is 0 Å². The second kappa shape index (κ2) is 7.59. The first kappa shape index (κ1) is 18.0. The van der Waals surface area contributed by atoms with Crippen LogP contribution in [0.15, 0.2) is 83.5 Å². The second-order valence-electron chi connectivity index (χ2n) is 6.72. The Kier molecular flexibility index (Phi) is 5.45. The number of hydrogen-bond donors (Lipinski definition) is 0. The zero-order valence-electron chi connectivity index (χ0n) is 14.8. The average Bonchev–Trinajstić information content (AvgIpc) is 2.63. The smallest absolute Gasteiger partial charge is 0.120 e. The lowest BCUT2D eigenvalue weighted by molar-refractivity contribution is -0.0820. The SMILES string of the molecule is C=C(C)C[C@]1(c2ccccc2)C=CN([C@@H](C)c2ccc(Br)cc2)CO1. The average molecular weight is 398 g/mol. The molecule has 0 saturated carbocycles. The van der Waals surface area contributed by atoms with Gasteiger partial charge in [0, 0.05) is 17.1 Å². The van der Waals surface area contributed by atoms with Crippen molar-refractivity contribution in [2.24, 2.45) is 0 Å². The minimum atomic E-state index is -0.428. The molecule has 1 aliphatic heterocycles. The summed E-state index contributed by atoms with van der Waals surface area (Å²) in [5.74, 6) is 0. The van der Waals surface area contributed by atoms with Crippen LogP contribution in [0.25, 0.3) is 0 Å². The van der Waals surface area contributed by atoms with Gasteiger partial charge < -0.3 is 9.64 Å². The summed E-state index contributed by atoms with van der Waals surface area (Å²) in [5.41, 5.74) is 3.12. The molecule has 0 amide bonds. The number of ether oxygens (including phenoxy) is 1. The molecule has 25 heavy (non-hydrogen) atoms. The molecule has 0 fully saturated rings. The first-order valence-corrected chi connectivity index (χ1v) is 9.34. The van der Waals surface area contributed by atoms with Crippen molar-refractivity contribution in [2.75, 3.05) is 6.73 Å². The van der Waals surface area contributed by atoms with E-state index in [9.17, 15) is 0 Å². The Balaban J connectivity index is 1.85. The van der Waals surface area contributed by atoms with Crippen LogP contribution in [0.3, 0.4) is 0 Å². The topological polar surface area (TPSA) is 12.5 Å². The Bertz CT molecular complexity index is 753. The first-order valence-electron chi connectivity index (χ1n) is 8.55. The molecule has 0 radical (unpaired) electrons. The normalized spacial score (nSPS) is 21.2. The van der Waals surface area contributed by atoms with Gasteiger partial charge in [0.2, 0.25) is 0 Å². The van der Waals surface area contributed by atoms with Crippen LogP contribution < -0.4 is 0 Å². The van der Waals surface area contributed by atoms with Crippen molar-refractivity contribution in [3.63, 3.8) is 0 Å². The summed E-state index contributed by atoms with van der Waals surface area (Å²) in [6, 6.07) is 19.1. The van der Waals surface area contributed by atoms with Gasteiger partial charge in [-0.3, -0.25) is 0 Å². The van der Waals surface area contributed by atoms with E-state index in [0.717, 1.165) is 16.5 Å². The van der Waals surface area contributed by atoms with Gasteiger partial charge in [-0.2, -0.15) is 0 Å². The Morgan fingerprint density at radius 2 is 1.88 bits per heavy atom. The summed E-state index contributed by atoms with van der Waals surface area (Å²) >= 11 is 3.49. The molecule has 3 rings (SSSR count). The van der Waals surface area contributed by atoms with Gasteiger partial charge in [-0.15, -0.1) is 6.58 Å². The molecule has 2 aromatic rings. The van der Waals surface area contributed by atoms with Crippen molar-refractivity contribution < 1.29 is 4.74 Å². The van der Waals surface area contributed by atoms with E-state index in [4.69, 9.17) is 4.74 Å². The summed E-state index contributed by atoms with van der Waals surface area (Å²) in [7, 11) is 0. The third-order valence-corrected chi connectivity index (χ3v) is 5.21. The van der Waals surface area contributed by atoms with Crippen molar-refractivity contribution in [2.45, 2.75) is 31.9 Å². The van der Waals surface area contributed by atoms with E-state index < -0.39 is 5.60 Å². The van der Waals surface area contributed by atoms with Crippen molar-refractivity contribution in [3.8, 4) is 0 Å². The molecule has 0 unspecified atom stereocenters. The van der Waals surface area contributed by atoms with E-state index in [1.54, 1.807) is 0 Å². The molecule has 0 spiro atoms. The molecule has 0 saturated heterocycles. The van der Waals surface area contributed by atoms with Crippen LogP contribution in [-0.4, -0.2) is 11.6 Å². The number of rotatable bonds is 5. The second-order valence-corrected chi connectivity index (χ2v) is 7.64. The Labute approximate surface area is 158 Å². The number of benzene rings is 2. The summed E-state index contributed by atoms with van der Waals surface area (Å²) in [5, 5.41) is 0. The summed E-state index contributed by atoms with van der Waals surface area (Å²) < 4.78 is 7.51. The lowest BCUT2D eigenvalue weighted by Crippen LogP contribution is -2.38. The molecular weight excluding hydrogens is 374 g/mol. The summed E-state index contributed by atoms with van der Waals surface area (Å²) in [4.78, 5) is 2.23. The molecule has 2 aromatic carbocycles. The number of nitrogens with zero attached hydrogens (tertiary/aromatic N) is 1. The quantitative estimate of drug-likeness (QED) is 0.558. The largest absolute Gasteiger partial charge is 0.348 e. The molecule has 1 heterocycles. The van der Waals surface area contributed by atoms with Gasteiger partial charge in [-0.25, -0.2) is 0 Å². The van der Waals surface area contributed by atoms with E-state index in [1.165, 1.54) is 11.1 Å². The molecule has 130 valence electrons. The Hall–Kier alpha value is -1.84. The predicted molar refractivity (Wildman–Crippen MR) is 107 cm³/mol. The Morgan fingerprint density at radius 1 is 1.20 bits per heavy atom. The van der Waals surface area contributed by atoms with Crippen molar-refractivity contribution in [3.05, 3.63) is 94.6 Å². The number of hydrogen-bond acceptors (Lipinski definition) is 2. The molecule has 0 N–H and O–H groups in total. The monoisotopic (exact) mass is 397 g/mol. The van der Waals surface area contributed by atoms with Gasteiger partial charge >= 0.3 is 0 Å². The van der Waals surface area contributed by atoms with Crippen molar-refractivity contribution in [1.82, 2.24) is 4.90 Å². The van der Waals surface area contributed by atoms with Crippen LogP contribution in [0.4, 0.5) is 0 Å². The van der Waals surface area contributed by atoms with Crippen LogP contribution in [-0.2, 0) is 10.3 Å². The van der Waals surface area contributed by atoms with Crippen molar-refractivity contribution >= 4 is 15.9 Å². The van der Waals surface area contributed by atoms with Crippen LogP contribution in [0.5, 0.6) is 0 Å². The predicted octanol–water partition coefficient (Wildman–Crippen LogP) is 6.18. The maximum absolute atomic E-state index is 6.41. The van der Waals surface area contributed by atoms with E-state index in [-0.39, 0.29) is 6.04 Å². The van der Waals surface area contributed by atoms with Gasteiger partial charge in [-0.1, -0.05) is 64.0 Å². The molecule has 1 aliphatic rings. The molecule has 3 heteroatoms. The minimum Gasteiger partial charge on any atom is -0.348 e. The van der Waals surface area contributed by atoms with Gasteiger partial charge in [0.15, 0.2) is 0 Å². The highest BCUT2D eigenvalue weighted by Gasteiger charge is 2.34. The molecule has 0 aromatic heterocycles. The van der Waals surface area contributed by atoms with Crippen LogP contribution in [0.1, 0.15) is 37.4 Å². The lowest BCUT2D eigenvalue weighted by atomic mass is 9.87. The third-order valence-electron chi connectivity index (χ3n) is 4.68. The van der Waals surface area contributed by atoms with Gasteiger partial charge in [0.25, 0.3) is 0 Å². The van der Waals surface area contributed by atoms with Gasteiger partial charge in [0.1, 0.15) is 12.3 Å². The fraction of sp³-hybridized carbons (Fsp3) is 0.273. The molecule has 2 nitrogen and oxygen atoms in total. The lowest BCUT2D eigenvalue weighted by Gasteiger charge is -2.40. The molecular formula is C22H24BrNO. The highest BCUT2D eigenvalue weighted by molar-refractivity contribution is 9.10. The summed E-state index contributed by atoms with van der Waals surface area (Å²) in [6.07, 6.45) is 5.13. The fourth-order valence-electron chi connectivity index (χ4n) is 3.23. The highest BCUT2D eigenvalue weighted by atomic mass is 79.9. The van der Waals surface area contributed by atoms with Gasteiger partial charge in [-0.05, 0) is 43.2 Å². The van der Waals surface area contributed by atoms with E-state index in [1.807, 2.05) is 6.07 Å². The van der Waals surface area contributed by atoms with Gasteiger partial charge in [0.05, 0.1) is 6.04 Å². The standard InChI is InChI=1S/C22H24BrNO/c1-17(2)15-22(20-7-5-4-6-8-20)13-14-24(16-25-22)18(3)19-9-11-21(23)12-10-19/h4-14,18H,1,15-16H2,2-3H3/t18-,22-/m0/s1. The maximum atomic E-state index is 6.41.